The first-order valence-electron chi connectivity index (χ1n) is 3.73. The van der Waals surface area contributed by atoms with Crippen LogP contribution in [0.5, 0.6) is 0 Å². The lowest BCUT2D eigenvalue weighted by Crippen LogP contribution is -2.19. The predicted octanol–water partition coefficient (Wildman–Crippen LogP) is 0.688. The highest BCUT2D eigenvalue weighted by Gasteiger charge is 2.26. The van der Waals surface area contributed by atoms with Crippen molar-refractivity contribution in [3.8, 4) is 0 Å². The molecular formula is C7H9F3N4. The first kappa shape index (κ1) is 10.6. The normalized spacial score (nSPS) is 13.3. The van der Waals surface area contributed by atoms with E-state index in [1.807, 2.05) is 0 Å². The lowest BCUT2D eigenvalue weighted by Gasteiger charge is -2.01. The molecule has 0 amide bonds. The Hall–Kier alpha value is -1.53. The summed E-state index contributed by atoms with van der Waals surface area (Å²) in [7, 11) is 1.69. The molecule has 14 heavy (non-hydrogen) atoms. The Morgan fingerprint density at radius 3 is 2.71 bits per heavy atom. The van der Waals surface area contributed by atoms with Crippen molar-refractivity contribution in [2.75, 3.05) is 6.54 Å². The number of aryl methyl sites for hydroxylation is 1. The number of amidine groups is 1. The fourth-order valence-electron chi connectivity index (χ4n) is 0.801. The van der Waals surface area contributed by atoms with E-state index in [9.17, 15) is 13.2 Å². The molecule has 1 aromatic heterocycles. The van der Waals surface area contributed by atoms with Gasteiger partial charge < -0.3 is 10.3 Å². The fraction of sp³-hybridized carbons (Fsp3) is 0.429. The first-order chi connectivity index (χ1) is 6.38. The molecule has 0 spiro atoms. The van der Waals surface area contributed by atoms with Gasteiger partial charge in [0.05, 0.1) is 6.33 Å². The summed E-state index contributed by atoms with van der Waals surface area (Å²) in [6.45, 7) is -1.28. The molecule has 0 aromatic carbocycles. The van der Waals surface area contributed by atoms with E-state index < -0.39 is 12.7 Å². The molecule has 0 bridgehead atoms. The van der Waals surface area contributed by atoms with Gasteiger partial charge in [-0.3, -0.25) is 4.99 Å². The van der Waals surface area contributed by atoms with Crippen molar-refractivity contribution in [2.45, 2.75) is 6.18 Å². The molecule has 4 nitrogen and oxygen atoms in total. The first-order valence-corrected chi connectivity index (χ1v) is 3.73. The van der Waals surface area contributed by atoms with Crippen molar-refractivity contribution < 1.29 is 13.2 Å². The van der Waals surface area contributed by atoms with Gasteiger partial charge in [-0.15, -0.1) is 0 Å². The number of hydrogen-bond acceptors (Lipinski definition) is 2. The average molecular weight is 206 g/mol. The van der Waals surface area contributed by atoms with Crippen LogP contribution < -0.4 is 5.73 Å². The van der Waals surface area contributed by atoms with Gasteiger partial charge in [-0.05, 0) is 0 Å². The molecule has 0 aliphatic heterocycles. The van der Waals surface area contributed by atoms with Crippen molar-refractivity contribution in [3.63, 3.8) is 0 Å². The van der Waals surface area contributed by atoms with Gasteiger partial charge in [0.1, 0.15) is 18.1 Å². The Bertz CT molecular complexity index is 339. The quantitative estimate of drug-likeness (QED) is 0.571. The maximum absolute atomic E-state index is 11.7. The molecule has 1 heterocycles. The lowest BCUT2D eigenvalue weighted by molar-refractivity contribution is -0.118. The Balaban J connectivity index is 2.70. The molecule has 2 N–H and O–H groups in total. The fourth-order valence-corrected chi connectivity index (χ4v) is 0.801. The third-order valence-corrected chi connectivity index (χ3v) is 1.40. The molecule has 0 saturated heterocycles. The smallest absolute Gasteiger partial charge is 0.382 e. The third-order valence-electron chi connectivity index (χ3n) is 1.40. The largest absolute Gasteiger partial charge is 0.408 e. The summed E-state index contributed by atoms with van der Waals surface area (Å²) in [6.07, 6.45) is -1.40. The second-order valence-corrected chi connectivity index (χ2v) is 2.74. The van der Waals surface area contributed by atoms with Gasteiger partial charge in [0.15, 0.2) is 0 Å². The van der Waals surface area contributed by atoms with E-state index in [0.717, 1.165) is 0 Å². The lowest BCUT2D eigenvalue weighted by atomic mass is 10.4. The van der Waals surface area contributed by atoms with E-state index in [1.54, 1.807) is 11.6 Å². The number of nitrogens with zero attached hydrogens (tertiary/aromatic N) is 3. The number of halogens is 3. The SMILES string of the molecule is Cn1cnc(C(N)=NCC(F)(F)F)c1. The maximum Gasteiger partial charge on any atom is 0.408 e. The van der Waals surface area contributed by atoms with E-state index in [0.29, 0.717) is 0 Å². The van der Waals surface area contributed by atoms with Gasteiger partial charge >= 0.3 is 6.18 Å². The molecule has 0 aliphatic rings. The summed E-state index contributed by atoms with van der Waals surface area (Å²) in [4.78, 5) is 6.93. The van der Waals surface area contributed by atoms with Crippen LogP contribution in [0.15, 0.2) is 17.5 Å². The minimum absolute atomic E-state index is 0.206. The third kappa shape index (κ3) is 3.08. The summed E-state index contributed by atoms with van der Waals surface area (Å²) in [5.74, 6) is -0.206. The number of alkyl halides is 3. The van der Waals surface area contributed by atoms with Crippen LogP contribution in [0.2, 0.25) is 0 Å². The Kier molecular flexibility index (Phi) is 2.78. The zero-order valence-electron chi connectivity index (χ0n) is 7.41. The van der Waals surface area contributed by atoms with Crippen molar-refractivity contribution in [2.24, 2.45) is 17.8 Å². The number of aromatic nitrogens is 2. The number of imidazole rings is 1. The summed E-state index contributed by atoms with van der Waals surface area (Å²) in [5, 5.41) is 0. The molecule has 78 valence electrons. The van der Waals surface area contributed by atoms with Gasteiger partial charge in [-0.2, -0.15) is 13.2 Å². The van der Waals surface area contributed by atoms with E-state index >= 15 is 0 Å². The van der Waals surface area contributed by atoms with Crippen molar-refractivity contribution in [1.29, 1.82) is 0 Å². The zero-order chi connectivity index (χ0) is 10.8. The number of nitrogens with two attached hydrogens (primary N) is 1. The molecule has 0 saturated carbocycles. The van der Waals surface area contributed by atoms with Crippen LogP contribution in [0.25, 0.3) is 0 Å². The molecule has 1 rings (SSSR count). The van der Waals surface area contributed by atoms with E-state index in [2.05, 4.69) is 9.98 Å². The van der Waals surface area contributed by atoms with Crippen LogP contribution in [0.4, 0.5) is 13.2 Å². The van der Waals surface area contributed by atoms with Crippen LogP contribution in [0.3, 0.4) is 0 Å². The van der Waals surface area contributed by atoms with Crippen LogP contribution in [-0.4, -0.2) is 28.1 Å². The molecule has 0 radical (unpaired) electrons. The standard InChI is InChI=1S/C7H9F3N4/c1-14-2-5(13-4-14)6(11)12-3-7(8,9)10/h2,4H,3H2,1H3,(H2,11,12). The average Bonchev–Trinajstić information content (AvgIpc) is 2.46. The summed E-state index contributed by atoms with van der Waals surface area (Å²) in [6, 6.07) is 0. The molecule has 0 unspecified atom stereocenters. The van der Waals surface area contributed by atoms with Gasteiger partial charge in [-0.1, -0.05) is 0 Å². The van der Waals surface area contributed by atoms with Crippen LogP contribution in [0, 0.1) is 0 Å². The van der Waals surface area contributed by atoms with Gasteiger partial charge in [0.2, 0.25) is 0 Å². The van der Waals surface area contributed by atoms with Gasteiger partial charge in [0.25, 0.3) is 0 Å². The highest BCUT2D eigenvalue weighted by atomic mass is 19.4. The minimum atomic E-state index is -4.33. The molecule has 0 aliphatic carbocycles. The molecule has 7 heteroatoms. The Labute approximate surface area is 78.3 Å². The molecule has 0 fully saturated rings. The van der Waals surface area contributed by atoms with Gasteiger partial charge in [0, 0.05) is 13.2 Å². The number of aliphatic imine (C=N–C) groups is 1. The topological polar surface area (TPSA) is 56.2 Å². The van der Waals surface area contributed by atoms with Crippen molar-refractivity contribution >= 4 is 5.84 Å². The monoisotopic (exact) mass is 206 g/mol. The number of hydrogen-bond donors (Lipinski definition) is 1. The summed E-state index contributed by atoms with van der Waals surface area (Å²) >= 11 is 0. The van der Waals surface area contributed by atoms with Crippen molar-refractivity contribution in [3.05, 3.63) is 18.2 Å². The number of rotatable bonds is 2. The zero-order valence-corrected chi connectivity index (χ0v) is 7.41. The summed E-state index contributed by atoms with van der Waals surface area (Å²) in [5.41, 5.74) is 5.54. The Morgan fingerprint density at radius 2 is 2.29 bits per heavy atom. The maximum atomic E-state index is 11.7. The van der Waals surface area contributed by atoms with E-state index in [4.69, 9.17) is 5.73 Å². The summed E-state index contributed by atoms with van der Waals surface area (Å²) < 4.78 is 36.8. The van der Waals surface area contributed by atoms with Crippen molar-refractivity contribution in [1.82, 2.24) is 9.55 Å². The second-order valence-electron chi connectivity index (χ2n) is 2.74. The predicted molar refractivity (Wildman–Crippen MR) is 44.9 cm³/mol. The van der Waals surface area contributed by atoms with Crippen LogP contribution in [-0.2, 0) is 7.05 Å². The van der Waals surface area contributed by atoms with Gasteiger partial charge in [-0.25, -0.2) is 4.98 Å². The van der Waals surface area contributed by atoms with Crippen LogP contribution in [0.1, 0.15) is 5.69 Å². The van der Waals surface area contributed by atoms with E-state index in [1.165, 1.54) is 12.5 Å². The Morgan fingerprint density at radius 1 is 1.64 bits per heavy atom. The molecular weight excluding hydrogens is 197 g/mol. The highest BCUT2D eigenvalue weighted by molar-refractivity contribution is 5.95. The minimum Gasteiger partial charge on any atom is -0.382 e. The van der Waals surface area contributed by atoms with E-state index in [-0.39, 0.29) is 11.5 Å². The molecule has 1 aromatic rings. The molecule has 0 atom stereocenters. The van der Waals surface area contributed by atoms with Crippen LogP contribution >= 0.6 is 0 Å². The highest BCUT2D eigenvalue weighted by Crippen LogP contribution is 2.14. The second kappa shape index (κ2) is 3.69.